The quantitative estimate of drug-likeness (QED) is 0.671. The molecule has 1 aromatic rings. The lowest BCUT2D eigenvalue weighted by molar-refractivity contribution is -0.384. The molecule has 20 heavy (non-hydrogen) atoms. The Morgan fingerprint density at radius 1 is 1.55 bits per heavy atom. The van der Waals surface area contributed by atoms with Crippen molar-refractivity contribution in [3.8, 4) is 0 Å². The highest BCUT2D eigenvalue weighted by Gasteiger charge is 2.25. The molecule has 1 heterocycles. The van der Waals surface area contributed by atoms with E-state index in [1.54, 1.807) is 6.07 Å². The van der Waals surface area contributed by atoms with Crippen molar-refractivity contribution in [1.29, 1.82) is 0 Å². The summed E-state index contributed by atoms with van der Waals surface area (Å²) in [7, 11) is 0. The van der Waals surface area contributed by atoms with Gasteiger partial charge in [0.25, 0.3) is 5.69 Å². The Hall–Kier alpha value is -1.47. The number of carbonyl (C=O) groups is 1. The zero-order valence-electron chi connectivity index (χ0n) is 10.8. The van der Waals surface area contributed by atoms with Crippen LogP contribution < -0.4 is 0 Å². The van der Waals surface area contributed by atoms with Crippen LogP contribution in [0, 0.1) is 16.0 Å². The first kappa shape index (κ1) is 14.9. The van der Waals surface area contributed by atoms with Gasteiger partial charge in [-0.2, -0.15) is 0 Å². The van der Waals surface area contributed by atoms with Gasteiger partial charge in [-0.1, -0.05) is 15.9 Å². The van der Waals surface area contributed by atoms with Gasteiger partial charge in [-0.05, 0) is 31.0 Å². The number of aliphatic carboxylic acids is 1. The SMILES string of the molecule is O=C(O)C1CCCN(Cc2ccc([N+](=O)[O-])cc2Br)C1. The van der Waals surface area contributed by atoms with Gasteiger partial charge in [-0.25, -0.2) is 0 Å². The van der Waals surface area contributed by atoms with Crippen molar-refractivity contribution in [3.05, 3.63) is 38.3 Å². The van der Waals surface area contributed by atoms with Crippen LogP contribution in [0.15, 0.2) is 22.7 Å². The average molecular weight is 343 g/mol. The number of halogens is 1. The molecule has 1 aromatic carbocycles. The van der Waals surface area contributed by atoms with E-state index in [2.05, 4.69) is 20.8 Å². The third-order valence-electron chi connectivity index (χ3n) is 3.50. The van der Waals surface area contributed by atoms with Crippen molar-refractivity contribution in [2.45, 2.75) is 19.4 Å². The number of hydrogen-bond acceptors (Lipinski definition) is 4. The maximum Gasteiger partial charge on any atom is 0.307 e. The van der Waals surface area contributed by atoms with Crippen molar-refractivity contribution in [3.63, 3.8) is 0 Å². The zero-order chi connectivity index (χ0) is 14.7. The van der Waals surface area contributed by atoms with Gasteiger partial charge in [-0.15, -0.1) is 0 Å². The largest absolute Gasteiger partial charge is 0.481 e. The topological polar surface area (TPSA) is 83.7 Å². The highest BCUT2D eigenvalue weighted by molar-refractivity contribution is 9.10. The first-order chi connectivity index (χ1) is 9.47. The second kappa shape index (κ2) is 6.32. The molecule has 0 aromatic heterocycles. The van der Waals surface area contributed by atoms with Crippen LogP contribution in [0.1, 0.15) is 18.4 Å². The fraction of sp³-hybridized carbons (Fsp3) is 0.462. The fourth-order valence-electron chi connectivity index (χ4n) is 2.42. The summed E-state index contributed by atoms with van der Waals surface area (Å²) >= 11 is 3.34. The lowest BCUT2D eigenvalue weighted by Crippen LogP contribution is -2.38. The van der Waals surface area contributed by atoms with Gasteiger partial charge in [0.05, 0.1) is 10.8 Å². The van der Waals surface area contributed by atoms with Crippen LogP contribution >= 0.6 is 15.9 Å². The molecule has 1 aliphatic heterocycles. The smallest absolute Gasteiger partial charge is 0.307 e. The Morgan fingerprint density at radius 3 is 2.90 bits per heavy atom. The third kappa shape index (κ3) is 3.55. The zero-order valence-corrected chi connectivity index (χ0v) is 12.4. The Balaban J connectivity index is 2.06. The molecule has 0 aliphatic carbocycles. The normalized spacial score (nSPS) is 19.8. The summed E-state index contributed by atoms with van der Waals surface area (Å²) in [5.74, 6) is -1.07. The molecule has 0 spiro atoms. The first-order valence-electron chi connectivity index (χ1n) is 6.35. The summed E-state index contributed by atoms with van der Waals surface area (Å²) in [4.78, 5) is 23.4. The number of non-ortho nitro benzene ring substituents is 1. The molecule has 1 saturated heterocycles. The second-order valence-corrected chi connectivity index (χ2v) is 5.80. The van der Waals surface area contributed by atoms with Gasteiger partial charge >= 0.3 is 5.97 Å². The molecule has 1 atom stereocenters. The van der Waals surface area contributed by atoms with Crippen LogP contribution in [-0.4, -0.2) is 34.0 Å². The molecule has 0 saturated carbocycles. The van der Waals surface area contributed by atoms with Crippen molar-refractivity contribution < 1.29 is 14.8 Å². The maximum atomic E-state index is 11.0. The molecular weight excluding hydrogens is 328 g/mol. The van der Waals surface area contributed by atoms with Gasteiger partial charge in [0.2, 0.25) is 0 Å². The third-order valence-corrected chi connectivity index (χ3v) is 4.23. The molecule has 2 rings (SSSR count). The standard InChI is InChI=1S/C13H15BrN2O4/c14-12-6-11(16(19)20)4-3-9(12)7-15-5-1-2-10(8-15)13(17)18/h3-4,6,10H,1-2,5,7-8H2,(H,17,18). The number of piperidine rings is 1. The minimum atomic E-state index is -0.752. The van der Waals surface area contributed by atoms with Crippen LogP contribution in [0.25, 0.3) is 0 Å². The summed E-state index contributed by atoms with van der Waals surface area (Å²) in [5, 5.41) is 19.7. The summed E-state index contributed by atoms with van der Waals surface area (Å²) in [6, 6.07) is 4.67. The molecule has 1 unspecified atom stereocenters. The summed E-state index contributed by atoms with van der Waals surface area (Å²) in [5.41, 5.74) is 0.976. The monoisotopic (exact) mass is 342 g/mol. The molecule has 1 aliphatic rings. The fourth-order valence-corrected chi connectivity index (χ4v) is 2.91. The molecule has 0 bridgehead atoms. The molecule has 0 radical (unpaired) electrons. The van der Waals surface area contributed by atoms with Crippen LogP contribution in [0.2, 0.25) is 0 Å². The molecule has 1 N–H and O–H groups in total. The molecule has 6 nitrogen and oxygen atoms in total. The summed E-state index contributed by atoms with van der Waals surface area (Å²) in [6.07, 6.45) is 1.58. The summed E-state index contributed by atoms with van der Waals surface area (Å²) < 4.78 is 0.684. The Morgan fingerprint density at radius 2 is 2.30 bits per heavy atom. The summed E-state index contributed by atoms with van der Waals surface area (Å²) in [6.45, 7) is 1.98. The number of carboxylic acid groups (broad SMARTS) is 1. The lowest BCUT2D eigenvalue weighted by atomic mass is 9.98. The Kier molecular flexibility index (Phi) is 4.72. The van der Waals surface area contributed by atoms with E-state index in [1.165, 1.54) is 12.1 Å². The number of nitrogens with zero attached hydrogens (tertiary/aromatic N) is 2. The number of nitro groups is 1. The van der Waals surface area contributed by atoms with Gasteiger partial charge in [0, 0.05) is 29.7 Å². The highest BCUT2D eigenvalue weighted by atomic mass is 79.9. The molecule has 7 heteroatoms. The molecular formula is C13H15BrN2O4. The van der Waals surface area contributed by atoms with E-state index in [1.807, 2.05) is 0 Å². The van der Waals surface area contributed by atoms with Gasteiger partial charge in [0.15, 0.2) is 0 Å². The maximum absolute atomic E-state index is 11.0. The van der Waals surface area contributed by atoms with E-state index in [0.717, 1.165) is 18.5 Å². The van der Waals surface area contributed by atoms with Crippen LogP contribution in [0.3, 0.4) is 0 Å². The van der Waals surface area contributed by atoms with E-state index in [-0.39, 0.29) is 11.6 Å². The number of likely N-dealkylation sites (tertiary alicyclic amines) is 1. The highest BCUT2D eigenvalue weighted by Crippen LogP contribution is 2.26. The predicted octanol–water partition coefficient (Wildman–Crippen LogP) is 2.65. The molecule has 0 amide bonds. The second-order valence-electron chi connectivity index (χ2n) is 4.95. The number of benzene rings is 1. The van der Waals surface area contributed by atoms with E-state index < -0.39 is 10.9 Å². The Bertz CT molecular complexity index is 535. The van der Waals surface area contributed by atoms with E-state index >= 15 is 0 Å². The van der Waals surface area contributed by atoms with Crippen LogP contribution in [-0.2, 0) is 11.3 Å². The lowest BCUT2D eigenvalue weighted by Gasteiger charge is -2.30. The van der Waals surface area contributed by atoms with Crippen LogP contribution in [0.5, 0.6) is 0 Å². The van der Waals surface area contributed by atoms with E-state index in [9.17, 15) is 14.9 Å². The minimum absolute atomic E-state index is 0.0441. The first-order valence-corrected chi connectivity index (χ1v) is 7.14. The number of rotatable bonds is 4. The van der Waals surface area contributed by atoms with Gasteiger partial charge < -0.3 is 5.11 Å². The predicted molar refractivity (Wildman–Crippen MR) is 76.4 cm³/mol. The van der Waals surface area contributed by atoms with Crippen molar-refractivity contribution >= 4 is 27.6 Å². The van der Waals surface area contributed by atoms with Gasteiger partial charge in [0.1, 0.15) is 0 Å². The molecule has 1 fully saturated rings. The molecule has 108 valence electrons. The van der Waals surface area contributed by atoms with Crippen molar-refractivity contribution in [2.24, 2.45) is 5.92 Å². The van der Waals surface area contributed by atoms with Crippen molar-refractivity contribution in [1.82, 2.24) is 4.90 Å². The average Bonchev–Trinajstić information content (AvgIpc) is 2.41. The number of nitro benzene ring substituents is 1. The van der Waals surface area contributed by atoms with Crippen LogP contribution in [0.4, 0.5) is 5.69 Å². The minimum Gasteiger partial charge on any atom is -0.481 e. The van der Waals surface area contributed by atoms with Crippen molar-refractivity contribution in [2.75, 3.05) is 13.1 Å². The van der Waals surface area contributed by atoms with E-state index in [4.69, 9.17) is 5.11 Å². The number of hydrogen-bond donors (Lipinski definition) is 1. The van der Waals surface area contributed by atoms with E-state index in [0.29, 0.717) is 24.0 Å². The Labute approximate surface area is 124 Å². The van der Waals surface area contributed by atoms with Gasteiger partial charge in [-0.3, -0.25) is 19.8 Å². The number of carboxylic acids is 1.